The summed E-state index contributed by atoms with van der Waals surface area (Å²) in [5.74, 6) is -0.995. The third-order valence-corrected chi connectivity index (χ3v) is 3.95. The lowest BCUT2D eigenvalue weighted by Gasteiger charge is -2.26. The predicted octanol–water partition coefficient (Wildman–Crippen LogP) is 1.25. The van der Waals surface area contributed by atoms with Crippen molar-refractivity contribution in [2.75, 3.05) is 6.54 Å². The number of rotatable bonds is 3. The molecule has 0 aliphatic carbocycles. The van der Waals surface area contributed by atoms with Crippen LogP contribution in [0.3, 0.4) is 0 Å². The second-order valence-electron chi connectivity index (χ2n) is 5.43. The van der Waals surface area contributed by atoms with Gasteiger partial charge < -0.3 is 10.0 Å². The smallest absolute Gasteiger partial charge is 0.354 e. The van der Waals surface area contributed by atoms with Gasteiger partial charge in [0.05, 0.1) is 12.1 Å². The Labute approximate surface area is 128 Å². The summed E-state index contributed by atoms with van der Waals surface area (Å²) in [6, 6.07) is 9.55. The van der Waals surface area contributed by atoms with E-state index in [-0.39, 0.29) is 11.6 Å². The molecule has 6 heteroatoms. The van der Waals surface area contributed by atoms with Crippen molar-refractivity contribution in [2.24, 2.45) is 7.05 Å². The average molecular weight is 299 g/mol. The van der Waals surface area contributed by atoms with Crippen LogP contribution in [0.2, 0.25) is 0 Å². The van der Waals surface area contributed by atoms with Crippen LogP contribution in [0.5, 0.6) is 0 Å². The summed E-state index contributed by atoms with van der Waals surface area (Å²) in [4.78, 5) is 25.5. The summed E-state index contributed by atoms with van der Waals surface area (Å²) in [6.45, 7) is 0.894. The molecule has 3 rings (SSSR count). The molecule has 1 aliphatic rings. The molecule has 22 heavy (non-hydrogen) atoms. The Morgan fingerprint density at radius 1 is 1.27 bits per heavy atom. The third-order valence-electron chi connectivity index (χ3n) is 3.95. The molecule has 0 saturated heterocycles. The predicted molar refractivity (Wildman–Crippen MR) is 79.4 cm³/mol. The number of aromatic carboxylic acids is 1. The van der Waals surface area contributed by atoms with Crippen molar-refractivity contribution in [3.05, 3.63) is 52.8 Å². The molecular weight excluding hydrogens is 282 g/mol. The summed E-state index contributed by atoms with van der Waals surface area (Å²) in [5, 5.41) is 13.6. The van der Waals surface area contributed by atoms with E-state index < -0.39 is 5.97 Å². The number of amides is 1. The summed E-state index contributed by atoms with van der Waals surface area (Å²) >= 11 is 0. The molecule has 0 spiro atoms. The fourth-order valence-corrected chi connectivity index (χ4v) is 2.86. The number of aryl methyl sites for hydroxylation is 1. The van der Waals surface area contributed by atoms with Crippen LogP contribution >= 0.6 is 0 Å². The first kappa shape index (κ1) is 14.3. The number of fused-ring (bicyclic) bond motifs is 1. The maximum atomic E-state index is 12.4. The molecule has 0 atom stereocenters. The highest BCUT2D eigenvalue weighted by molar-refractivity contribution is 5.88. The van der Waals surface area contributed by atoms with Crippen LogP contribution in [-0.2, 0) is 31.2 Å². The van der Waals surface area contributed by atoms with E-state index in [4.69, 9.17) is 0 Å². The van der Waals surface area contributed by atoms with Gasteiger partial charge in [-0.15, -0.1) is 0 Å². The number of carboxylic acid groups (broad SMARTS) is 1. The number of carboxylic acids is 1. The number of hydrogen-bond donors (Lipinski definition) is 1. The van der Waals surface area contributed by atoms with E-state index in [0.717, 1.165) is 11.3 Å². The van der Waals surface area contributed by atoms with Crippen molar-refractivity contribution in [3.63, 3.8) is 0 Å². The first-order valence-electron chi connectivity index (χ1n) is 7.16. The van der Waals surface area contributed by atoms with Gasteiger partial charge in [-0.05, 0) is 5.56 Å². The summed E-state index contributed by atoms with van der Waals surface area (Å²) in [5.41, 5.74) is 2.57. The van der Waals surface area contributed by atoms with E-state index in [1.807, 2.05) is 30.3 Å². The normalized spacial score (nSPS) is 13.8. The van der Waals surface area contributed by atoms with E-state index in [1.165, 1.54) is 4.68 Å². The minimum Gasteiger partial charge on any atom is -0.477 e. The van der Waals surface area contributed by atoms with E-state index in [2.05, 4.69) is 5.10 Å². The Morgan fingerprint density at radius 3 is 2.68 bits per heavy atom. The zero-order chi connectivity index (χ0) is 15.7. The molecule has 1 aliphatic heterocycles. The van der Waals surface area contributed by atoms with Gasteiger partial charge in [-0.25, -0.2) is 4.79 Å². The molecule has 0 bridgehead atoms. The lowest BCUT2D eigenvalue weighted by molar-refractivity contribution is -0.131. The largest absolute Gasteiger partial charge is 0.477 e. The van der Waals surface area contributed by atoms with E-state index in [9.17, 15) is 14.7 Å². The molecule has 6 nitrogen and oxygen atoms in total. The van der Waals surface area contributed by atoms with Crippen molar-refractivity contribution < 1.29 is 14.7 Å². The second-order valence-corrected chi connectivity index (χ2v) is 5.43. The van der Waals surface area contributed by atoms with Crippen LogP contribution in [0.4, 0.5) is 0 Å². The zero-order valence-electron chi connectivity index (χ0n) is 12.3. The topological polar surface area (TPSA) is 75.4 Å². The van der Waals surface area contributed by atoms with Crippen LogP contribution < -0.4 is 0 Å². The summed E-state index contributed by atoms with van der Waals surface area (Å²) < 4.78 is 1.39. The molecule has 2 heterocycles. The van der Waals surface area contributed by atoms with Gasteiger partial charge in [-0.3, -0.25) is 9.48 Å². The number of aromatic nitrogens is 2. The highest BCUT2D eigenvalue weighted by atomic mass is 16.4. The molecule has 2 aromatic rings. The standard InChI is InChI=1S/C16H17N3O3/c1-18-15(16(21)22)12-10-19(8-7-13(12)17-18)14(20)9-11-5-3-2-4-6-11/h2-6H,7-10H2,1H3,(H,21,22). The Balaban J connectivity index is 1.79. The Morgan fingerprint density at radius 2 is 2.00 bits per heavy atom. The van der Waals surface area contributed by atoms with Gasteiger partial charge in [-0.1, -0.05) is 30.3 Å². The lowest BCUT2D eigenvalue weighted by Crippen LogP contribution is -2.37. The van der Waals surface area contributed by atoms with Gasteiger partial charge in [0.25, 0.3) is 0 Å². The molecule has 114 valence electrons. The van der Waals surface area contributed by atoms with Crippen LogP contribution in [0.25, 0.3) is 0 Å². The fraction of sp³-hybridized carbons (Fsp3) is 0.312. The molecular formula is C16H17N3O3. The number of hydrogen-bond acceptors (Lipinski definition) is 3. The van der Waals surface area contributed by atoms with Crippen molar-refractivity contribution in [1.82, 2.24) is 14.7 Å². The Bertz CT molecular complexity index is 722. The molecule has 1 N–H and O–H groups in total. The first-order valence-corrected chi connectivity index (χ1v) is 7.16. The third kappa shape index (κ3) is 2.59. The van der Waals surface area contributed by atoms with Gasteiger partial charge >= 0.3 is 5.97 Å². The molecule has 0 fully saturated rings. The number of nitrogens with zero attached hydrogens (tertiary/aromatic N) is 3. The zero-order valence-corrected chi connectivity index (χ0v) is 12.3. The monoisotopic (exact) mass is 299 g/mol. The minimum atomic E-state index is -1.01. The number of benzene rings is 1. The van der Waals surface area contributed by atoms with Gasteiger partial charge in [0.2, 0.25) is 5.91 Å². The van der Waals surface area contributed by atoms with E-state index >= 15 is 0 Å². The molecule has 0 unspecified atom stereocenters. The molecule has 1 aromatic heterocycles. The highest BCUT2D eigenvalue weighted by Crippen LogP contribution is 2.22. The number of carbonyl (C=O) groups is 2. The van der Waals surface area contributed by atoms with Crippen LogP contribution in [0.1, 0.15) is 27.3 Å². The van der Waals surface area contributed by atoms with Crippen LogP contribution in [0, 0.1) is 0 Å². The number of carbonyl (C=O) groups excluding carboxylic acids is 1. The maximum Gasteiger partial charge on any atom is 0.354 e. The van der Waals surface area contributed by atoms with Crippen molar-refractivity contribution in [1.29, 1.82) is 0 Å². The fourth-order valence-electron chi connectivity index (χ4n) is 2.86. The summed E-state index contributed by atoms with van der Waals surface area (Å²) in [6.07, 6.45) is 0.926. The SMILES string of the molecule is Cn1nc2c(c1C(=O)O)CN(C(=O)Cc1ccccc1)CC2. The highest BCUT2D eigenvalue weighted by Gasteiger charge is 2.29. The van der Waals surface area contributed by atoms with Crippen molar-refractivity contribution in [3.8, 4) is 0 Å². The van der Waals surface area contributed by atoms with Gasteiger partial charge in [-0.2, -0.15) is 5.10 Å². The van der Waals surface area contributed by atoms with E-state index in [1.54, 1.807) is 11.9 Å². The molecule has 0 radical (unpaired) electrons. The van der Waals surface area contributed by atoms with Crippen LogP contribution in [-0.4, -0.2) is 38.2 Å². The van der Waals surface area contributed by atoms with E-state index in [0.29, 0.717) is 31.5 Å². The van der Waals surface area contributed by atoms with Gasteiger partial charge in [0.1, 0.15) is 0 Å². The molecule has 1 aromatic carbocycles. The average Bonchev–Trinajstić information content (AvgIpc) is 2.83. The quantitative estimate of drug-likeness (QED) is 0.925. The van der Waals surface area contributed by atoms with Crippen LogP contribution in [0.15, 0.2) is 30.3 Å². The van der Waals surface area contributed by atoms with Crippen molar-refractivity contribution >= 4 is 11.9 Å². The second kappa shape index (κ2) is 5.63. The lowest BCUT2D eigenvalue weighted by atomic mass is 10.0. The molecule has 1 amide bonds. The summed E-state index contributed by atoms with van der Waals surface area (Å²) in [7, 11) is 1.62. The molecule has 0 saturated carbocycles. The van der Waals surface area contributed by atoms with Gasteiger partial charge in [0, 0.05) is 32.1 Å². The van der Waals surface area contributed by atoms with Gasteiger partial charge in [0.15, 0.2) is 5.69 Å². The maximum absolute atomic E-state index is 12.4. The minimum absolute atomic E-state index is 0.0111. The Hall–Kier alpha value is -2.63. The first-order chi connectivity index (χ1) is 10.6. The van der Waals surface area contributed by atoms with Crippen molar-refractivity contribution in [2.45, 2.75) is 19.4 Å². The Kier molecular flexibility index (Phi) is 3.66.